The van der Waals surface area contributed by atoms with Crippen LogP contribution in [0.4, 0.5) is 0 Å². The second kappa shape index (κ2) is 10.3. The molecule has 0 heterocycles. The van der Waals surface area contributed by atoms with Crippen LogP contribution < -0.4 is 0 Å². The van der Waals surface area contributed by atoms with Crippen molar-refractivity contribution in [2.75, 3.05) is 13.1 Å². The molecule has 0 unspecified atom stereocenters. The van der Waals surface area contributed by atoms with Crippen molar-refractivity contribution in [3.8, 4) is 11.5 Å². The third-order valence-electron chi connectivity index (χ3n) is 5.84. The number of aromatic hydroxyl groups is 2. The Morgan fingerprint density at radius 3 is 1.43 bits per heavy atom. The van der Waals surface area contributed by atoms with Gasteiger partial charge in [-0.25, -0.2) is 0 Å². The third kappa shape index (κ3) is 6.23. The van der Waals surface area contributed by atoms with E-state index in [1.165, 1.54) is 0 Å². The molecule has 0 amide bonds. The molecule has 0 aliphatic carbocycles. The van der Waals surface area contributed by atoms with Gasteiger partial charge in [0.2, 0.25) is 0 Å². The number of nitrogens with zero attached hydrogens (tertiary/aromatic N) is 2. The van der Waals surface area contributed by atoms with E-state index in [2.05, 4.69) is 63.5 Å². The molecular formula is C26H40N2O2. The van der Waals surface area contributed by atoms with Crippen molar-refractivity contribution in [2.24, 2.45) is 0 Å². The molecular weight excluding hydrogens is 372 g/mol. The molecule has 0 fully saturated rings. The minimum atomic E-state index is 0.375. The first-order valence-corrected chi connectivity index (χ1v) is 11.1. The van der Waals surface area contributed by atoms with Gasteiger partial charge in [0.05, 0.1) is 0 Å². The molecule has 2 N–H and O–H groups in total. The normalized spacial score (nSPS) is 12.0. The lowest BCUT2D eigenvalue weighted by atomic mass is 10.0. The predicted molar refractivity (Wildman–Crippen MR) is 126 cm³/mol. The molecule has 0 aliphatic rings. The number of benzene rings is 2. The largest absolute Gasteiger partial charge is 0.507 e. The first-order chi connectivity index (χ1) is 14.0. The van der Waals surface area contributed by atoms with E-state index in [0.29, 0.717) is 36.7 Å². The van der Waals surface area contributed by atoms with E-state index in [0.717, 1.165) is 46.5 Å². The van der Waals surface area contributed by atoms with Crippen molar-refractivity contribution < 1.29 is 10.2 Å². The molecule has 30 heavy (non-hydrogen) atoms. The maximum absolute atomic E-state index is 10.6. The van der Waals surface area contributed by atoms with E-state index in [-0.39, 0.29) is 0 Å². The molecule has 0 saturated heterocycles. The molecule has 0 radical (unpaired) electrons. The van der Waals surface area contributed by atoms with E-state index in [1.54, 1.807) is 0 Å². The lowest BCUT2D eigenvalue weighted by Crippen LogP contribution is -2.42. The molecule has 0 atom stereocenters. The van der Waals surface area contributed by atoms with Gasteiger partial charge in [-0.2, -0.15) is 0 Å². The first-order valence-electron chi connectivity index (χ1n) is 11.1. The Balaban J connectivity index is 2.33. The molecule has 2 aromatic rings. The van der Waals surface area contributed by atoms with E-state index < -0.39 is 0 Å². The lowest BCUT2D eigenvalue weighted by molar-refractivity contribution is 0.136. The van der Waals surface area contributed by atoms with Gasteiger partial charge in [-0.15, -0.1) is 0 Å². The first kappa shape index (κ1) is 24.2. The number of hydrogen-bond donors (Lipinski definition) is 2. The van der Waals surface area contributed by atoms with E-state index in [4.69, 9.17) is 0 Å². The summed E-state index contributed by atoms with van der Waals surface area (Å²) in [5.41, 5.74) is 6.00. The summed E-state index contributed by atoms with van der Waals surface area (Å²) in [6.07, 6.45) is 0. The summed E-state index contributed by atoms with van der Waals surface area (Å²) in [4.78, 5) is 4.81. The standard InChI is InChI=1S/C26H40N2O2/c1-17(2)28(18(3)4)10-9-27(15-23-13-19(5)11-21(7)25(23)29)16-24-14-20(6)12-22(8)26(24)30/h11-14,17-18,29-30H,9-10,15-16H2,1-8H3. The average molecular weight is 413 g/mol. The van der Waals surface area contributed by atoms with Gasteiger partial charge in [0.15, 0.2) is 0 Å². The summed E-state index contributed by atoms with van der Waals surface area (Å²) < 4.78 is 0. The zero-order chi connectivity index (χ0) is 22.6. The second-order valence-electron chi connectivity index (χ2n) is 9.32. The molecule has 0 aliphatic heterocycles. The summed E-state index contributed by atoms with van der Waals surface area (Å²) in [7, 11) is 0. The lowest BCUT2D eigenvalue weighted by Gasteiger charge is -2.33. The SMILES string of the molecule is Cc1cc(C)c(O)c(CN(CCN(C(C)C)C(C)C)Cc2cc(C)cc(C)c2O)c1. The van der Waals surface area contributed by atoms with Crippen molar-refractivity contribution in [3.05, 3.63) is 57.6 Å². The summed E-state index contributed by atoms with van der Waals surface area (Å²) in [5, 5.41) is 21.3. The van der Waals surface area contributed by atoms with Crippen molar-refractivity contribution >= 4 is 0 Å². The average Bonchev–Trinajstić information content (AvgIpc) is 2.62. The molecule has 2 aromatic carbocycles. The predicted octanol–water partition coefficient (Wildman–Crippen LogP) is 5.45. The molecule has 2 rings (SSSR count). The quantitative estimate of drug-likeness (QED) is 0.575. The van der Waals surface area contributed by atoms with Crippen LogP contribution in [0.1, 0.15) is 61.1 Å². The summed E-state index contributed by atoms with van der Waals surface area (Å²) in [6, 6.07) is 9.10. The van der Waals surface area contributed by atoms with Gasteiger partial charge in [-0.1, -0.05) is 35.4 Å². The van der Waals surface area contributed by atoms with Crippen LogP contribution in [0, 0.1) is 27.7 Å². The molecule has 0 bridgehead atoms. The Hall–Kier alpha value is -2.04. The highest BCUT2D eigenvalue weighted by molar-refractivity contribution is 5.44. The van der Waals surface area contributed by atoms with Gasteiger partial charge in [0, 0.05) is 49.4 Å². The van der Waals surface area contributed by atoms with Crippen LogP contribution >= 0.6 is 0 Å². The maximum Gasteiger partial charge on any atom is 0.122 e. The Morgan fingerprint density at radius 1 is 0.667 bits per heavy atom. The van der Waals surface area contributed by atoms with Crippen LogP contribution in [0.2, 0.25) is 0 Å². The fourth-order valence-electron chi connectivity index (χ4n) is 4.40. The van der Waals surface area contributed by atoms with Gasteiger partial charge in [0.25, 0.3) is 0 Å². The summed E-state index contributed by atoms with van der Waals surface area (Å²) in [6.45, 7) is 20.0. The zero-order valence-corrected chi connectivity index (χ0v) is 20.1. The van der Waals surface area contributed by atoms with Crippen molar-refractivity contribution in [1.29, 1.82) is 0 Å². The van der Waals surface area contributed by atoms with Crippen LogP contribution in [0.25, 0.3) is 0 Å². The van der Waals surface area contributed by atoms with Gasteiger partial charge in [0.1, 0.15) is 11.5 Å². The number of phenols is 2. The van der Waals surface area contributed by atoms with Crippen molar-refractivity contribution in [1.82, 2.24) is 9.80 Å². The fourth-order valence-corrected chi connectivity index (χ4v) is 4.40. The molecule has 0 spiro atoms. The number of phenolic OH excluding ortho intramolecular Hbond substituents is 2. The van der Waals surface area contributed by atoms with E-state index in [9.17, 15) is 10.2 Å². The maximum atomic E-state index is 10.6. The van der Waals surface area contributed by atoms with Gasteiger partial charge in [-0.05, 0) is 66.5 Å². The van der Waals surface area contributed by atoms with E-state index >= 15 is 0 Å². The number of hydrogen-bond acceptors (Lipinski definition) is 4. The third-order valence-corrected chi connectivity index (χ3v) is 5.84. The highest BCUT2D eigenvalue weighted by atomic mass is 16.3. The Bertz CT molecular complexity index is 791. The molecule has 4 nitrogen and oxygen atoms in total. The monoisotopic (exact) mass is 412 g/mol. The smallest absolute Gasteiger partial charge is 0.122 e. The Kier molecular flexibility index (Phi) is 8.34. The number of aryl methyl sites for hydroxylation is 4. The van der Waals surface area contributed by atoms with Crippen LogP contribution in [0.15, 0.2) is 24.3 Å². The van der Waals surface area contributed by atoms with Gasteiger partial charge >= 0.3 is 0 Å². The fraction of sp³-hybridized carbons (Fsp3) is 0.538. The topological polar surface area (TPSA) is 46.9 Å². The summed E-state index contributed by atoms with van der Waals surface area (Å²) in [5.74, 6) is 0.750. The molecule has 166 valence electrons. The van der Waals surface area contributed by atoms with E-state index in [1.807, 2.05) is 26.0 Å². The second-order valence-corrected chi connectivity index (χ2v) is 9.32. The molecule has 4 heteroatoms. The highest BCUT2D eigenvalue weighted by Gasteiger charge is 2.18. The number of rotatable bonds is 9. The van der Waals surface area contributed by atoms with Crippen molar-refractivity contribution in [2.45, 2.75) is 80.6 Å². The Labute approximate surface area is 183 Å². The Morgan fingerprint density at radius 2 is 1.07 bits per heavy atom. The zero-order valence-electron chi connectivity index (χ0n) is 20.1. The highest BCUT2D eigenvalue weighted by Crippen LogP contribution is 2.28. The minimum absolute atomic E-state index is 0.375. The minimum Gasteiger partial charge on any atom is -0.507 e. The van der Waals surface area contributed by atoms with Crippen LogP contribution in [0.5, 0.6) is 11.5 Å². The summed E-state index contributed by atoms with van der Waals surface area (Å²) >= 11 is 0. The van der Waals surface area contributed by atoms with Gasteiger partial charge < -0.3 is 10.2 Å². The molecule has 0 aromatic heterocycles. The van der Waals surface area contributed by atoms with Crippen molar-refractivity contribution in [3.63, 3.8) is 0 Å². The van der Waals surface area contributed by atoms with Crippen LogP contribution in [-0.4, -0.2) is 45.2 Å². The van der Waals surface area contributed by atoms with Crippen LogP contribution in [0.3, 0.4) is 0 Å². The molecule has 0 saturated carbocycles. The van der Waals surface area contributed by atoms with Gasteiger partial charge in [-0.3, -0.25) is 9.80 Å². The van der Waals surface area contributed by atoms with Crippen LogP contribution in [-0.2, 0) is 13.1 Å².